The van der Waals surface area contributed by atoms with Gasteiger partial charge in [-0.1, -0.05) is 25.5 Å². The van der Waals surface area contributed by atoms with Crippen molar-refractivity contribution in [2.45, 2.75) is 45.4 Å². The van der Waals surface area contributed by atoms with Crippen LogP contribution < -0.4 is 0 Å². The molecule has 0 heterocycles. The minimum absolute atomic E-state index is 0.897. The van der Waals surface area contributed by atoms with Crippen LogP contribution in [0.1, 0.15) is 45.4 Å². The van der Waals surface area contributed by atoms with E-state index in [0.29, 0.717) is 0 Å². The van der Waals surface area contributed by atoms with Crippen molar-refractivity contribution in [3.05, 3.63) is 12.2 Å². The SMILES string of the molecule is CC/C=C\CCCCC/C=N/O. The van der Waals surface area contributed by atoms with Gasteiger partial charge in [0.1, 0.15) is 0 Å². The zero-order chi connectivity index (χ0) is 9.07. The van der Waals surface area contributed by atoms with Crippen LogP contribution in [0.25, 0.3) is 0 Å². The van der Waals surface area contributed by atoms with E-state index in [0.717, 1.165) is 19.3 Å². The van der Waals surface area contributed by atoms with Gasteiger partial charge in [-0.25, -0.2) is 0 Å². The van der Waals surface area contributed by atoms with E-state index in [-0.39, 0.29) is 0 Å². The van der Waals surface area contributed by atoms with Gasteiger partial charge >= 0.3 is 0 Å². The van der Waals surface area contributed by atoms with Gasteiger partial charge in [0.2, 0.25) is 0 Å². The van der Waals surface area contributed by atoms with Crippen molar-refractivity contribution in [3.63, 3.8) is 0 Å². The van der Waals surface area contributed by atoms with E-state index in [9.17, 15) is 0 Å². The van der Waals surface area contributed by atoms with Crippen molar-refractivity contribution in [1.82, 2.24) is 0 Å². The van der Waals surface area contributed by atoms with Crippen molar-refractivity contribution in [1.29, 1.82) is 0 Å². The molecule has 0 atom stereocenters. The van der Waals surface area contributed by atoms with E-state index in [1.165, 1.54) is 19.3 Å². The number of oxime groups is 1. The molecule has 0 aromatic carbocycles. The Kier molecular flexibility index (Phi) is 9.54. The van der Waals surface area contributed by atoms with Crippen molar-refractivity contribution in [2.24, 2.45) is 5.16 Å². The molecule has 12 heavy (non-hydrogen) atoms. The highest BCUT2D eigenvalue weighted by molar-refractivity contribution is 5.55. The van der Waals surface area contributed by atoms with Crippen LogP contribution in [0.3, 0.4) is 0 Å². The second-order valence-electron chi connectivity index (χ2n) is 2.82. The van der Waals surface area contributed by atoms with E-state index < -0.39 is 0 Å². The van der Waals surface area contributed by atoms with Gasteiger partial charge in [0, 0.05) is 6.21 Å². The maximum Gasteiger partial charge on any atom is 0.0435 e. The molecule has 2 heteroatoms. The van der Waals surface area contributed by atoms with Crippen LogP contribution >= 0.6 is 0 Å². The first-order valence-electron chi connectivity index (χ1n) is 4.72. The molecule has 0 aliphatic carbocycles. The fraction of sp³-hybridized carbons (Fsp3) is 0.700. The molecule has 0 aliphatic heterocycles. The lowest BCUT2D eigenvalue weighted by atomic mass is 10.1. The Morgan fingerprint density at radius 3 is 2.50 bits per heavy atom. The average Bonchev–Trinajstić information content (AvgIpc) is 2.10. The molecule has 0 unspecified atom stereocenters. The highest BCUT2D eigenvalue weighted by Gasteiger charge is 1.85. The molecule has 0 aliphatic rings. The highest BCUT2D eigenvalue weighted by Crippen LogP contribution is 2.02. The van der Waals surface area contributed by atoms with Crippen LogP contribution in [0.2, 0.25) is 0 Å². The second-order valence-corrected chi connectivity index (χ2v) is 2.82. The molecule has 0 amide bonds. The normalized spacial score (nSPS) is 11.8. The first-order valence-corrected chi connectivity index (χ1v) is 4.72. The summed E-state index contributed by atoms with van der Waals surface area (Å²) in [6.07, 6.45) is 12.8. The van der Waals surface area contributed by atoms with Gasteiger partial charge in [-0.15, -0.1) is 5.16 Å². The summed E-state index contributed by atoms with van der Waals surface area (Å²) in [6.45, 7) is 2.15. The van der Waals surface area contributed by atoms with E-state index in [1.807, 2.05) is 0 Å². The molecule has 0 rings (SSSR count). The van der Waals surface area contributed by atoms with Gasteiger partial charge in [-0.2, -0.15) is 0 Å². The summed E-state index contributed by atoms with van der Waals surface area (Å²) < 4.78 is 0. The maximum absolute atomic E-state index is 8.10. The number of allylic oxidation sites excluding steroid dienone is 2. The van der Waals surface area contributed by atoms with Crippen LogP contribution in [0.5, 0.6) is 0 Å². The minimum atomic E-state index is 0.897. The van der Waals surface area contributed by atoms with Crippen LogP contribution in [0, 0.1) is 0 Å². The summed E-state index contributed by atoms with van der Waals surface area (Å²) >= 11 is 0. The number of hydrogen-bond acceptors (Lipinski definition) is 2. The molecular weight excluding hydrogens is 150 g/mol. The molecule has 0 aromatic rings. The summed E-state index contributed by atoms with van der Waals surface area (Å²) in [5, 5.41) is 11.0. The Morgan fingerprint density at radius 1 is 1.08 bits per heavy atom. The van der Waals surface area contributed by atoms with Gasteiger partial charge < -0.3 is 5.21 Å². The maximum atomic E-state index is 8.10. The first-order chi connectivity index (χ1) is 5.91. The van der Waals surface area contributed by atoms with Crippen molar-refractivity contribution in [2.75, 3.05) is 0 Å². The van der Waals surface area contributed by atoms with Crippen molar-refractivity contribution in [3.8, 4) is 0 Å². The molecule has 70 valence electrons. The van der Waals surface area contributed by atoms with Crippen molar-refractivity contribution < 1.29 is 5.21 Å². The Labute approximate surface area is 75.0 Å². The summed E-state index contributed by atoms with van der Waals surface area (Å²) in [7, 11) is 0. The molecule has 0 radical (unpaired) electrons. The monoisotopic (exact) mass is 169 g/mol. The predicted molar refractivity (Wildman–Crippen MR) is 52.8 cm³/mol. The standard InChI is InChI=1S/C10H19NO/c1-2-3-4-5-6-7-8-9-10-11-12/h3-4,10,12H,2,5-9H2,1H3/b4-3-,11-10+. The van der Waals surface area contributed by atoms with Crippen LogP contribution in [-0.2, 0) is 0 Å². The quantitative estimate of drug-likeness (QED) is 0.205. The third-order valence-corrected chi connectivity index (χ3v) is 1.69. The lowest BCUT2D eigenvalue weighted by Gasteiger charge is -1.93. The van der Waals surface area contributed by atoms with Crippen LogP contribution in [0.15, 0.2) is 17.3 Å². The first kappa shape index (κ1) is 11.2. The molecular formula is C10H19NO. The fourth-order valence-corrected chi connectivity index (χ4v) is 1.02. The zero-order valence-electron chi connectivity index (χ0n) is 7.87. The summed E-state index contributed by atoms with van der Waals surface area (Å²) in [4.78, 5) is 0. The summed E-state index contributed by atoms with van der Waals surface area (Å²) in [5.74, 6) is 0. The van der Waals surface area contributed by atoms with Gasteiger partial charge in [0.25, 0.3) is 0 Å². The van der Waals surface area contributed by atoms with Crippen molar-refractivity contribution >= 4 is 6.21 Å². The Balaban J connectivity index is 2.95. The minimum Gasteiger partial charge on any atom is -0.411 e. The zero-order valence-corrected chi connectivity index (χ0v) is 7.87. The Hall–Kier alpha value is -0.790. The lowest BCUT2D eigenvalue weighted by molar-refractivity contribution is 0.320. The van der Waals surface area contributed by atoms with Crippen LogP contribution in [-0.4, -0.2) is 11.4 Å². The highest BCUT2D eigenvalue weighted by atomic mass is 16.4. The largest absolute Gasteiger partial charge is 0.411 e. The van der Waals surface area contributed by atoms with Gasteiger partial charge in [0.05, 0.1) is 0 Å². The number of hydrogen-bond donors (Lipinski definition) is 1. The number of nitrogens with zero attached hydrogens (tertiary/aromatic N) is 1. The smallest absolute Gasteiger partial charge is 0.0435 e. The van der Waals surface area contributed by atoms with E-state index in [4.69, 9.17) is 5.21 Å². The number of rotatable bonds is 7. The molecule has 0 aromatic heterocycles. The number of unbranched alkanes of at least 4 members (excludes halogenated alkanes) is 4. The van der Waals surface area contributed by atoms with E-state index in [2.05, 4.69) is 24.2 Å². The third-order valence-electron chi connectivity index (χ3n) is 1.69. The third kappa shape index (κ3) is 9.21. The molecule has 0 fully saturated rings. The van der Waals surface area contributed by atoms with Crippen LogP contribution in [0.4, 0.5) is 0 Å². The van der Waals surface area contributed by atoms with Gasteiger partial charge in [-0.05, 0) is 32.1 Å². The molecule has 0 saturated heterocycles. The van der Waals surface area contributed by atoms with E-state index in [1.54, 1.807) is 6.21 Å². The second kappa shape index (κ2) is 10.2. The van der Waals surface area contributed by atoms with E-state index >= 15 is 0 Å². The van der Waals surface area contributed by atoms with Gasteiger partial charge in [0.15, 0.2) is 0 Å². The summed E-state index contributed by atoms with van der Waals surface area (Å²) in [5.41, 5.74) is 0. The average molecular weight is 169 g/mol. The molecule has 0 bridgehead atoms. The Morgan fingerprint density at radius 2 is 1.83 bits per heavy atom. The molecule has 1 N–H and O–H groups in total. The molecule has 2 nitrogen and oxygen atoms in total. The summed E-state index contributed by atoms with van der Waals surface area (Å²) in [6, 6.07) is 0. The Bertz CT molecular complexity index is 130. The molecule has 0 spiro atoms. The predicted octanol–water partition coefficient (Wildman–Crippen LogP) is 3.36. The molecule has 0 saturated carbocycles. The lowest BCUT2D eigenvalue weighted by Crippen LogP contribution is -1.78. The topological polar surface area (TPSA) is 32.6 Å². The van der Waals surface area contributed by atoms with Gasteiger partial charge in [-0.3, -0.25) is 0 Å². The fourth-order valence-electron chi connectivity index (χ4n) is 1.02.